The second-order valence-electron chi connectivity index (χ2n) is 4.69. The molecule has 2 unspecified atom stereocenters. The van der Waals surface area contributed by atoms with Crippen LogP contribution < -0.4 is 5.32 Å². The summed E-state index contributed by atoms with van der Waals surface area (Å²) in [5.41, 5.74) is 2.37. The molecule has 17 heavy (non-hydrogen) atoms. The lowest BCUT2D eigenvalue weighted by atomic mass is 10.0. The molecule has 1 fully saturated rings. The highest BCUT2D eigenvalue weighted by molar-refractivity contribution is 5.25. The van der Waals surface area contributed by atoms with Gasteiger partial charge in [0.2, 0.25) is 0 Å². The minimum Gasteiger partial charge on any atom is -0.394 e. The molecule has 3 heteroatoms. The Bertz CT molecular complexity index is 348. The first-order valence-corrected chi connectivity index (χ1v) is 6.32. The quantitative estimate of drug-likeness (QED) is 0.817. The highest BCUT2D eigenvalue weighted by Gasteiger charge is 2.17. The van der Waals surface area contributed by atoms with Gasteiger partial charge in [-0.25, -0.2) is 0 Å². The van der Waals surface area contributed by atoms with Crippen LogP contribution in [0.1, 0.15) is 30.0 Å². The van der Waals surface area contributed by atoms with Gasteiger partial charge in [0.15, 0.2) is 0 Å². The van der Waals surface area contributed by atoms with E-state index >= 15 is 0 Å². The number of ether oxygens (including phenoxy) is 1. The van der Waals surface area contributed by atoms with Crippen molar-refractivity contribution < 1.29 is 9.84 Å². The number of benzene rings is 1. The van der Waals surface area contributed by atoms with Crippen molar-refractivity contribution in [2.75, 3.05) is 19.8 Å². The van der Waals surface area contributed by atoms with Crippen molar-refractivity contribution in [2.45, 2.75) is 31.9 Å². The second-order valence-corrected chi connectivity index (χ2v) is 4.69. The first kappa shape index (κ1) is 12.6. The number of aliphatic hydroxyl groups excluding tert-OH is 1. The van der Waals surface area contributed by atoms with Gasteiger partial charge in [0.25, 0.3) is 0 Å². The van der Waals surface area contributed by atoms with Crippen molar-refractivity contribution in [3.05, 3.63) is 35.4 Å². The minimum absolute atomic E-state index is 0.0131. The minimum atomic E-state index is 0.0131. The van der Waals surface area contributed by atoms with Crippen LogP contribution in [0.25, 0.3) is 0 Å². The van der Waals surface area contributed by atoms with E-state index in [2.05, 4.69) is 30.4 Å². The standard InChI is InChI=1S/C14H21NO2/c1-11-4-2-5-12(8-11)14(10-16)15-9-13-6-3-7-17-13/h2,4-5,8,13-16H,3,6-7,9-10H2,1H3. The molecule has 1 aliphatic rings. The molecule has 0 aromatic heterocycles. The van der Waals surface area contributed by atoms with E-state index in [9.17, 15) is 5.11 Å². The Balaban J connectivity index is 1.91. The zero-order valence-corrected chi connectivity index (χ0v) is 10.4. The number of aryl methyl sites for hydroxylation is 1. The summed E-state index contributed by atoms with van der Waals surface area (Å²) in [7, 11) is 0. The Kier molecular flexibility index (Phi) is 4.54. The van der Waals surface area contributed by atoms with E-state index in [-0.39, 0.29) is 12.6 Å². The van der Waals surface area contributed by atoms with E-state index in [1.165, 1.54) is 5.56 Å². The van der Waals surface area contributed by atoms with Gasteiger partial charge in [-0.1, -0.05) is 29.8 Å². The molecule has 3 nitrogen and oxygen atoms in total. The summed E-state index contributed by atoms with van der Waals surface area (Å²) in [6, 6.07) is 8.28. The Labute approximate surface area is 103 Å². The maximum atomic E-state index is 9.44. The molecule has 0 spiro atoms. The van der Waals surface area contributed by atoms with Crippen LogP contribution >= 0.6 is 0 Å². The van der Waals surface area contributed by atoms with Gasteiger partial charge in [0.05, 0.1) is 18.8 Å². The third-order valence-electron chi connectivity index (χ3n) is 3.24. The van der Waals surface area contributed by atoms with Gasteiger partial charge in [-0.2, -0.15) is 0 Å². The van der Waals surface area contributed by atoms with Crippen molar-refractivity contribution in [2.24, 2.45) is 0 Å². The lowest BCUT2D eigenvalue weighted by molar-refractivity contribution is 0.104. The summed E-state index contributed by atoms with van der Waals surface area (Å²) < 4.78 is 5.56. The highest BCUT2D eigenvalue weighted by atomic mass is 16.5. The SMILES string of the molecule is Cc1cccc(C(CO)NCC2CCCO2)c1. The zero-order valence-electron chi connectivity index (χ0n) is 10.4. The number of rotatable bonds is 5. The third kappa shape index (κ3) is 3.53. The number of nitrogens with one attached hydrogen (secondary N) is 1. The van der Waals surface area contributed by atoms with Crippen molar-refractivity contribution in [1.82, 2.24) is 5.32 Å². The van der Waals surface area contributed by atoms with Crippen LogP contribution in [0.4, 0.5) is 0 Å². The molecule has 1 heterocycles. The first-order chi connectivity index (χ1) is 8.29. The van der Waals surface area contributed by atoms with Crippen LogP contribution in [-0.2, 0) is 4.74 Å². The fraction of sp³-hybridized carbons (Fsp3) is 0.571. The fourth-order valence-corrected chi connectivity index (χ4v) is 2.25. The lowest BCUT2D eigenvalue weighted by Gasteiger charge is -2.19. The van der Waals surface area contributed by atoms with E-state index in [0.29, 0.717) is 6.10 Å². The molecule has 2 rings (SSSR count). The Hall–Kier alpha value is -0.900. The summed E-state index contributed by atoms with van der Waals surface area (Å²) in [6.45, 7) is 3.88. The van der Waals surface area contributed by atoms with E-state index in [1.54, 1.807) is 0 Å². The highest BCUT2D eigenvalue weighted by Crippen LogP contribution is 2.16. The monoisotopic (exact) mass is 235 g/mol. The second kappa shape index (κ2) is 6.15. The number of hydrogen-bond acceptors (Lipinski definition) is 3. The van der Waals surface area contributed by atoms with Gasteiger partial charge >= 0.3 is 0 Å². The Morgan fingerprint density at radius 2 is 2.41 bits per heavy atom. The molecule has 0 bridgehead atoms. The topological polar surface area (TPSA) is 41.5 Å². The van der Waals surface area contributed by atoms with Crippen molar-refractivity contribution >= 4 is 0 Å². The van der Waals surface area contributed by atoms with Crippen LogP contribution in [0.5, 0.6) is 0 Å². The summed E-state index contributed by atoms with van der Waals surface area (Å²) in [5, 5.41) is 12.8. The molecule has 0 radical (unpaired) electrons. The lowest BCUT2D eigenvalue weighted by Crippen LogP contribution is -2.31. The summed E-state index contributed by atoms with van der Waals surface area (Å²) in [4.78, 5) is 0. The molecule has 1 saturated heterocycles. The average molecular weight is 235 g/mol. The molecule has 2 atom stereocenters. The molecule has 0 saturated carbocycles. The van der Waals surface area contributed by atoms with Crippen LogP contribution in [-0.4, -0.2) is 31.0 Å². The molecular formula is C14H21NO2. The van der Waals surface area contributed by atoms with E-state index in [0.717, 1.165) is 31.6 Å². The molecule has 2 N–H and O–H groups in total. The van der Waals surface area contributed by atoms with Gasteiger partial charge in [-0.15, -0.1) is 0 Å². The number of hydrogen-bond donors (Lipinski definition) is 2. The molecule has 1 aliphatic heterocycles. The maximum Gasteiger partial charge on any atom is 0.0700 e. The summed E-state index contributed by atoms with van der Waals surface area (Å²) in [6.07, 6.45) is 2.59. The van der Waals surface area contributed by atoms with Gasteiger partial charge in [0.1, 0.15) is 0 Å². The molecule has 94 valence electrons. The molecule has 1 aromatic carbocycles. The normalized spacial score (nSPS) is 21.6. The zero-order chi connectivity index (χ0) is 12.1. The van der Waals surface area contributed by atoms with Gasteiger partial charge in [-0.05, 0) is 25.3 Å². The maximum absolute atomic E-state index is 9.44. The van der Waals surface area contributed by atoms with E-state index < -0.39 is 0 Å². The van der Waals surface area contributed by atoms with Crippen LogP contribution in [0.2, 0.25) is 0 Å². The van der Waals surface area contributed by atoms with E-state index in [1.807, 2.05) is 6.07 Å². The fourth-order valence-electron chi connectivity index (χ4n) is 2.25. The van der Waals surface area contributed by atoms with Gasteiger partial charge in [-0.3, -0.25) is 0 Å². The summed E-state index contributed by atoms with van der Waals surface area (Å²) in [5.74, 6) is 0. The van der Waals surface area contributed by atoms with Crippen LogP contribution in [0.15, 0.2) is 24.3 Å². The van der Waals surface area contributed by atoms with Crippen LogP contribution in [0.3, 0.4) is 0 Å². The predicted octanol–water partition coefficient (Wildman–Crippen LogP) is 1.80. The van der Waals surface area contributed by atoms with E-state index in [4.69, 9.17) is 4.74 Å². The molecule has 1 aromatic rings. The van der Waals surface area contributed by atoms with Crippen molar-refractivity contribution in [3.8, 4) is 0 Å². The first-order valence-electron chi connectivity index (χ1n) is 6.32. The van der Waals surface area contributed by atoms with Gasteiger partial charge in [0, 0.05) is 13.2 Å². The van der Waals surface area contributed by atoms with Crippen LogP contribution in [0, 0.1) is 6.92 Å². The predicted molar refractivity (Wildman–Crippen MR) is 68.0 cm³/mol. The average Bonchev–Trinajstić information content (AvgIpc) is 2.83. The van der Waals surface area contributed by atoms with Gasteiger partial charge < -0.3 is 15.2 Å². The molecular weight excluding hydrogens is 214 g/mol. The smallest absolute Gasteiger partial charge is 0.0700 e. The Morgan fingerprint density at radius 1 is 1.53 bits per heavy atom. The molecule has 0 aliphatic carbocycles. The number of aliphatic hydroxyl groups is 1. The third-order valence-corrected chi connectivity index (χ3v) is 3.24. The Morgan fingerprint density at radius 3 is 3.06 bits per heavy atom. The largest absolute Gasteiger partial charge is 0.394 e. The summed E-state index contributed by atoms with van der Waals surface area (Å²) >= 11 is 0. The van der Waals surface area contributed by atoms with Crippen molar-refractivity contribution in [3.63, 3.8) is 0 Å². The molecule has 0 amide bonds. The van der Waals surface area contributed by atoms with Crippen molar-refractivity contribution in [1.29, 1.82) is 0 Å².